The van der Waals surface area contributed by atoms with E-state index in [0.717, 1.165) is 16.7 Å². The Labute approximate surface area is 172 Å². The number of benzene rings is 1. The molecule has 3 heterocycles. The van der Waals surface area contributed by atoms with Crippen LogP contribution in [0.25, 0.3) is 28.4 Å². The van der Waals surface area contributed by atoms with E-state index in [0.29, 0.717) is 22.3 Å². The van der Waals surface area contributed by atoms with Crippen LogP contribution in [0.15, 0.2) is 65.9 Å². The minimum atomic E-state index is -0.435. The van der Waals surface area contributed by atoms with Crippen molar-refractivity contribution in [1.82, 2.24) is 15.0 Å². The van der Waals surface area contributed by atoms with Crippen LogP contribution < -0.4 is 0 Å². The maximum atomic E-state index is 12.3. The summed E-state index contributed by atoms with van der Waals surface area (Å²) in [6, 6.07) is 9.31. The molecular weight excluding hydrogens is 382 g/mol. The SMILES string of the molecule is CCOC(=O)c1c[nH]c2ncnc(-c3cccc(CC(=O)/C=C/c4ccoc4)c3)c12. The van der Waals surface area contributed by atoms with Crippen molar-refractivity contribution in [2.45, 2.75) is 13.3 Å². The zero-order valence-corrected chi connectivity index (χ0v) is 16.3. The van der Waals surface area contributed by atoms with Crippen molar-refractivity contribution >= 4 is 28.9 Å². The molecule has 7 heteroatoms. The Balaban J connectivity index is 1.64. The van der Waals surface area contributed by atoms with Crippen LogP contribution in [0, 0.1) is 0 Å². The molecule has 30 heavy (non-hydrogen) atoms. The van der Waals surface area contributed by atoms with Crippen molar-refractivity contribution in [3.8, 4) is 11.3 Å². The Kier molecular flexibility index (Phi) is 5.52. The average Bonchev–Trinajstić information content (AvgIpc) is 3.42. The molecule has 4 rings (SSSR count). The number of rotatable bonds is 7. The molecule has 1 aromatic carbocycles. The summed E-state index contributed by atoms with van der Waals surface area (Å²) >= 11 is 0. The van der Waals surface area contributed by atoms with Crippen LogP contribution in [0.3, 0.4) is 0 Å². The summed E-state index contributed by atoms with van der Waals surface area (Å²) in [6.45, 7) is 2.03. The van der Waals surface area contributed by atoms with Gasteiger partial charge in [0.15, 0.2) is 5.78 Å². The van der Waals surface area contributed by atoms with E-state index in [-0.39, 0.29) is 18.8 Å². The van der Waals surface area contributed by atoms with Crippen molar-refractivity contribution in [1.29, 1.82) is 0 Å². The molecule has 0 aliphatic heterocycles. The first-order chi connectivity index (χ1) is 14.7. The van der Waals surface area contributed by atoms with E-state index < -0.39 is 5.97 Å². The summed E-state index contributed by atoms with van der Waals surface area (Å²) < 4.78 is 10.1. The normalized spacial score (nSPS) is 11.2. The van der Waals surface area contributed by atoms with Gasteiger partial charge in [0.1, 0.15) is 12.0 Å². The highest BCUT2D eigenvalue weighted by atomic mass is 16.5. The number of H-pyrrole nitrogens is 1. The molecule has 0 aliphatic carbocycles. The number of esters is 1. The lowest BCUT2D eigenvalue weighted by atomic mass is 10.0. The summed E-state index contributed by atoms with van der Waals surface area (Å²) in [4.78, 5) is 36.3. The third-order valence-corrected chi connectivity index (χ3v) is 4.55. The third-order valence-electron chi connectivity index (χ3n) is 4.55. The fourth-order valence-corrected chi connectivity index (χ4v) is 3.20. The number of furan rings is 1. The number of hydrogen-bond donors (Lipinski definition) is 1. The second kappa shape index (κ2) is 8.57. The van der Waals surface area contributed by atoms with E-state index in [1.807, 2.05) is 24.3 Å². The van der Waals surface area contributed by atoms with Gasteiger partial charge in [-0.2, -0.15) is 0 Å². The van der Waals surface area contributed by atoms with Gasteiger partial charge >= 0.3 is 5.97 Å². The fourth-order valence-electron chi connectivity index (χ4n) is 3.20. The lowest BCUT2D eigenvalue weighted by Crippen LogP contribution is -2.04. The smallest absolute Gasteiger partial charge is 0.340 e. The highest BCUT2D eigenvalue weighted by molar-refractivity contribution is 6.08. The second-order valence-electron chi connectivity index (χ2n) is 6.60. The van der Waals surface area contributed by atoms with Gasteiger partial charge in [0, 0.05) is 23.7 Å². The Morgan fingerprint density at radius 2 is 2.13 bits per heavy atom. The van der Waals surface area contributed by atoms with Gasteiger partial charge in [-0.15, -0.1) is 0 Å². The number of aromatic nitrogens is 3. The predicted octanol–water partition coefficient (Wildman–Crippen LogP) is 4.22. The number of carbonyl (C=O) groups is 2. The van der Waals surface area contributed by atoms with Crippen LogP contribution in [-0.2, 0) is 16.0 Å². The highest BCUT2D eigenvalue weighted by Gasteiger charge is 2.19. The molecule has 0 atom stereocenters. The summed E-state index contributed by atoms with van der Waals surface area (Å²) in [5.41, 5.74) is 4.00. The lowest BCUT2D eigenvalue weighted by molar-refractivity contribution is -0.113. The molecule has 4 aromatic rings. The first kappa shape index (κ1) is 19.3. The molecule has 0 radical (unpaired) electrons. The van der Waals surface area contributed by atoms with Crippen LogP contribution in [0.5, 0.6) is 0 Å². The summed E-state index contributed by atoms with van der Waals surface area (Å²) in [7, 11) is 0. The molecule has 0 fully saturated rings. The number of aromatic amines is 1. The number of ether oxygens (including phenoxy) is 1. The zero-order valence-electron chi connectivity index (χ0n) is 16.3. The molecule has 0 bridgehead atoms. The number of hydrogen-bond acceptors (Lipinski definition) is 6. The molecule has 0 aliphatic rings. The van der Waals surface area contributed by atoms with E-state index in [1.54, 1.807) is 37.8 Å². The number of nitrogens with one attached hydrogen (secondary N) is 1. The van der Waals surface area contributed by atoms with E-state index in [1.165, 1.54) is 12.4 Å². The van der Waals surface area contributed by atoms with Gasteiger partial charge in [-0.05, 0) is 36.8 Å². The second-order valence-corrected chi connectivity index (χ2v) is 6.60. The van der Waals surface area contributed by atoms with E-state index in [9.17, 15) is 9.59 Å². The summed E-state index contributed by atoms with van der Waals surface area (Å²) in [6.07, 6.45) is 9.64. The van der Waals surface area contributed by atoms with Crippen molar-refractivity contribution in [2.24, 2.45) is 0 Å². The topological polar surface area (TPSA) is 98.1 Å². The molecule has 0 saturated heterocycles. The van der Waals surface area contributed by atoms with Crippen LogP contribution >= 0.6 is 0 Å². The zero-order chi connectivity index (χ0) is 20.9. The van der Waals surface area contributed by atoms with Crippen LogP contribution in [0.2, 0.25) is 0 Å². The molecule has 0 saturated carbocycles. The van der Waals surface area contributed by atoms with Gasteiger partial charge in [-0.1, -0.05) is 18.2 Å². The number of fused-ring (bicyclic) bond motifs is 1. The quantitative estimate of drug-likeness (QED) is 0.368. The van der Waals surface area contributed by atoms with Crippen LogP contribution in [0.4, 0.5) is 0 Å². The van der Waals surface area contributed by atoms with Gasteiger partial charge in [0.2, 0.25) is 0 Å². The predicted molar refractivity (Wildman–Crippen MR) is 112 cm³/mol. The van der Waals surface area contributed by atoms with E-state index >= 15 is 0 Å². The molecule has 150 valence electrons. The minimum absolute atomic E-state index is 0.0324. The molecule has 7 nitrogen and oxygen atoms in total. The van der Waals surface area contributed by atoms with Crippen molar-refractivity contribution in [2.75, 3.05) is 6.61 Å². The largest absolute Gasteiger partial charge is 0.472 e. The molecule has 0 amide bonds. The molecule has 1 N–H and O–H groups in total. The van der Waals surface area contributed by atoms with Gasteiger partial charge in [-0.3, -0.25) is 4.79 Å². The number of ketones is 1. The lowest BCUT2D eigenvalue weighted by Gasteiger charge is -2.07. The van der Waals surface area contributed by atoms with Crippen molar-refractivity contribution in [3.05, 3.63) is 78.1 Å². The Hall–Kier alpha value is -4.00. The summed E-state index contributed by atoms with van der Waals surface area (Å²) in [5.74, 6) is -0.467. The Bertz CT molecular complexity index is 1220. The molecule has 0 spiro atoms. The highest BCUT2D eigenvalue weighted by Crippen LogP contribution is 2.29. The Morgan fingerprint density at radius 1 is 1.23 bits per heavy atom. The van der Waals surface area contributed by atoms with Crippen molar-refractivity contribution < 1.29 is 18.7 Å². The first-order valence-corrected chi connectivity index (χ1v) is 9.47. The van der Waals surface area contributed by atoms with Crippen LogP contribution in [0.1, 0.15) is 28.4 Å². The van der Waals surface area contributed by atoms with Gasteiger partial charge in [-0.25, -0.2) is 14.8 Å². The maximum Gasteiger partial charge on any atom is 0.340 e. The number of allylic oxidation sites excluding steroid dienone is 1. The maximum absolute atomic E-state index is 12.3. The van der Waals surface area contributed by atoms with Gasteiger partial charge in [0.25, 0.3) is 0 Å². The van der Waals surface area contributed by atoms with E-state index in [4.69, 9.17) is 9.15 Å². The average molecular weight is 401 g/mol. The molecule has 3 aromatic heterocycles. The fraction of sp³-hybridized carbons (Fsp3) is 0.130. The van der Waals surface area contributed by atoms with E-state index in [2.05, 4.69) is 15.0 Å². The number of nitrogens with zero attached hydrogens (tertiary/aromatic N) is 2. The van der Waals surface area contributed by atoms with Gasteiger partial charge < -0.3 is 14.1 Å². The van der Waals surface area contributed by atoms with Gasteiger partial charge in [0.05, 0.1) is 35.8 Å². The third kappa shape index (κ3) is 4.05. The molecular formula is C23H19N3O4. The first-order valence-electron chi connectivity index (χ1n) is 9.47. The minimum Gasteiger partial charge on any atom is -0.472 e. The Morgan fingerprint density at radius 3 is 2.93 bits per heavy atom. The van der Waals surface area contributed by atoms with Crippen LogP contribution in [-0.4, -0.2) is 33.3 Å². The standard InChI is InChI=1S/C23H19N3O4/c1-2-30-23(28)19-12-24-22-20(19)21(25-14-26-22)17-5-3-4-16(10-17)11-18(27)7-6-15-8-9-29-13-15/h3-10,12-14H,2,11H2,1H3,(H,24,25,26)/b7-6+. The number of carbonyl (C=O) groups excluding carboxylic acids is 2. The van der Waals surface area contributed by atoms with Crippen molar-refractivity contribution in [3.63, 3.8) is 0 Å². The molecule has 0 unspecified atom stereocenters. The summed E-state index contributed by atoms with van der Waals surface area (Å²) in [5, 5.41) is 0.597. The monoisotopic (exact) mass is 401 g/mol.